The molecule has 110 valence electrons. The highest BCUT2D eigenvalue weighted by atomic mass is 16.5. The zero-order valence-corrected chi connectivity index (χ0v) is 12.4. The van der Waals surface area contributed by atoms with Gasteiger partial charge in [-0.05, 0) is 57.4 Å². The second-order valence-electron chi connectivity index (χ2n) is 6.79. The standard InChI is InChI=1S/C16H30N2O/c1-2-7-17-14-9-15-5-6-16(10-14)18(15)11-13-4-3-8-19-12-13/h13-17H,2-12H2,1H3. The zero-order chi connectivity index (χ0) is 13.1. The molecule has 0 aliphatic carbocycles. The number of nitrogens with one attached hydrogen (secondary N) is 1. The predicted octanol–water partition coefficient (Wildman–Crippen LogP) is 2.41. The SMILES string of the molecule is CCCNC1CC2CCC(C1)N2CC1CCCOC1. The Morgan fingerprint density at radius 3 is 2.58 bits per heavy atom. The van der Waals surface area contributed by atoms with E-state index in [9.17, 15) is 0 Å². The van der Waals surface area contributed by atoms with E-state index in [1.165, 1.54) is 58.0 Å². The van der Waals surface area contributed by atoms with Crippen LogP contribution in [-0.2, 0) is 4.74 Å². The first-order valence-electron chi connectivity index (χ1n) is 8.43. The fourth-order valence-electron chi connectivity index (χ4n) is 4.34. The molecule has 0 aromatic rings. The lowest BCUT2D eigenvalue weighted by atomic mass is 9.94. The highest BCUT2D eigenvalue weighted by molar-refractivity contribution is 4.98. The van der Waals surface area contributed by atoms with Crippen molar-refractivity contribution in [3.05, 3.63) is 0 Å². The molecule has 0 aromatic heterocycles. The highest BCUT2D eigenvalue weighted by Crippen LogP contribution is 2.36. The molecule has 0 aromatic carbocycles. The van der Waals surface area contributed by atoms with Crippen molar-refractivity contribution >= 4 is 0 Å². The molecular weight excluding hydrogens is 236 g/mol. The van der Waals surface area contributed by atoms with E-state index in [0.717, 1.165) is 37.3 Å². The Morgan fingerprint density at radius 1 is 1.16 bits per heavy atom. The summed E-state index contributed by atoms with van der Waals surface area (Å²) in [6.45, 7) is 6.76. The van der Waals surface area contributed by atoms with E-state index < -0.39 is 0 Å². The number of rotatable bonds is 5. The molecule has 3 heteroatoms. The summed E-state index contributed by atoms with van der Waals surface area (Å²) < 4.78 is 5.65. The second-order valence-corrected chi connectivity index (χ2v) is 6.79. The van der Waals surface area contributed by atoms with Gasteiger partial charge in [0, 0.05) is 31.3 Å². The molecule has 3 aliphatic heterocycles. The molecule has 0 saturated carbocycles. The molecule has 2 bridgehead atoms. The van der Waals surface area contributed by atoms with Crippen LogP contribution in [0.4, 0.5) is 0 Å². The molecule has 3 aliphatic rings. The van der Waals surface area contributed by atoms with Crippen molar-refractivity contribution in [1.82, 2.24) is 10.2 Å². The van der Waals surface area contributed by atoms with Crippen LogP contribution >= 0.6 is 0 Å². The summed E-state index contributed by atoms with van der Waals surface area (Å²) in [6.07, 6.45) is 9.54. The van der Waals surface area contributed by atoms with Gasteiger partial charge in [-0.15, -0.1) is 0 Å². The van der Waals surface area contributed by atoms with Gasteiger partial charge in [-0.25, -0.2) is 0 Å². The minimum Gasteiger partial charge on any atom is -0.381 e. The van der Waals surface area contributed by atoms with Crippen molar-refractivity contribution in [2.24, 2.45) is 5.92 Å². The third-order valence-electron chi connectivity index (χ3n) is 5.29. The summed E-state index contributed by atoms with van der Waals surface area (Å²) in [5, 5.41) is 3.74. The van der Waals surface area contributed by atoms with Crippen molar-refractivity contribution in [3.63, 3.8) is 0 Å². The predicted molar refractivity (Wildman–Crippen MR) is 78.4 cm³/mol. The van der Waals surface area contributed by atoms with Crippen LogP contribution in [0.1, 0.15) is 51.9 Å². The van der Waals surface area contributed by atoms with Gasteiger partial charge >= 0.3 is 0 Å². The van der Waals surface area contributed by atoms with Gasteiger partial charge in [0.2, 0.25) is 0 Å². The largest absolute Gasteiger partial charge is 0.381 e. The molecule has 1 N–H and O–H groups in total. The third-order valence-corrected chi connectivity index (χ3v) is 5.29. The Morgan fingerprint density at radius 2 is 1.95 bits per heavy atom. The first kappa shape index (κ1) is 13.8. The van der Waals surface area contributed by atoms with Crippen molar-refractivity contribution in [3.8, 4) is 0 Å². The maximum atomic E-state index is 5.65. The van der Waals surface area contributed by atoms with Crippen LogP contribution in [0.5, 0.6) is 0 Å². The van der Waals surface area contributed by atoms with Gasteiger partial charge < -0.3 is 10.1 Å². The molecule has 3 unspecified atom stereocenters. The monoisotopic (exact) mass is 266 g/mol. The Labute approximate surface area is 118 Å². The maximum absolute atomic E-state index is 5.65. The van der Waals surface area contributed by atoms with Crippen LogP contribution < -0.4 is 5.32 Å². The Hall–Kier alpha value is -0.120. The Bertz CT molecular complexity index is 264. The molecule has 3 atom stereocenters. The lowest BCUT2D eigenvalue weighted by molar-refractivity contribution is 0.0184. The number of ether oxygens (including phenoxy) is 1. The van der Waals surface area contributed by atoms with Crippen LogP contribution in [0.2, 0.25) is 0 Å². The quantitative estimate of drug-likeness (QED) is 0.827. The lowest BCUT2D eigenvalue weighted by Crippen LogP contribution is -2.51. The van der Waals surface area contributed by atoms with Crippen LogP contribution in [0.25, 0.3) is 0 Å². The minimum absolute atomic E-state index is 0.788. The number of hydrogen-bond donors (Lipinski definition) is 1. The fraction of sp³-hybridized carbons (Fsp3) is 1.00. The van der Waals surface area contributed by atoms with Gasteiger partial charge in [0.1, 0.15) is 0 Å². The van der Waals surface area contributed by atoms with Crippen molar-refractivity contribution in [2.75, 3.05) is 26.3 Å². The van der Waals surface area contributed by atoms with E-state index in [-0.39, 0.29) is 0 Å². The van der Waals surface area contributed by atoms with Crippen LogP contribution in [0.15, 0.2) is 0 Å². The highest BCUT2D eigenvalue weighted by Gasteiger charge is 2.41. The van der Waals surface area contributed by atoms with Gasteiger partial charge in [-0.1, -0.05) is 6.92 Å². The second kappa shape index (κ2) is 6.55. The van der Waals surface area contributed by atoms with E-state index in [1.807, 2.05) is 0 Å². The summed E-state index contributed by atoms with van der Waals surface area (Å²) in [5.41, 5.74) is 0. The van der Waals surface area contributed by atoms with Gasteiger partial charge in [0.15, 0.2) is 0 Å². The summed E-state index contributed by atoms with van der Waals surface area (Å²) in [5.74, 6) is 0.803. The van der Waals surface area contributed by atoms with Gasteiger partial charge in [0.05, 0.1) is 6.61 Å². The molecular formula is C16H30N2O. The summed E-state index contributed by atoms with van der Waals surface area (Å²) in [4.78, 5) is 2.84. The number of fused-ring (bicyclic) bond motifs is 2. The van der Waals surface area contributed by atoms with Crippen LogP contribution in [-0.4, -0.2) is 49.3 Å². The lowest BCUT2D eigenvalue weighted by Gasteiger charge is -2.41. The average molecular weight is 266 g/mol. The summed E-state index contributed by atoms with van der Waals surface area (Å²) in [7, 11) is 0. The van der Waals surface area contributed by atoms with E-state index in [2.05, 4.69) is 17.1 Å². The van der Waals surface area contributed by atoms with Gasteiger partial charge in [-0.3, -0.25) is 4.90 Å². The Kier molecular flexibility index (Phi) is 4.78. The normalized spacial score (nSPS) is 39.6. The molecule has 19 heavy (non-hydrogen) atoms. The van der Waals surface area contributed by atoms with Crippen molar-refractivity contribution in [2.45, 2.75) is 70.0 Å². The summed E-state index contributed by atoms with van der Waals surface area (Å²) in [6, 6.07) is 2.50. The first-order valence-corrected chi connectivity index (χ1v) is 8.43. The molecule has 0 radical (unpaired) electrons. The Balaban J connectivity index is 1.51. The average Bonchev–Trinajstić information content (AvgIpc) is 2.69. The molecule has 0 amide bonds. The van der Waals surface area contributed by atoms with Crippen molar-refractivity contribution in [1.29, 1.82) is 0 Å². The van der Waals surface area contributed by atoms with Gasteiger partial charge in [-0.2, -0.15) is 0 Å². The smallest absolute Gasteiger partial charge is 0.0506 e. The van der Waals surface area contributed by atoms with Crippen LogP contribution in [0, 0.1) is 5.92 Å². The molecule has 3 heterocycles. The molecule has 3 rings (SSSR count). The number of piperidine rings is 1. The van der Waals surface area contributed by atoms with E-state index >= 15 is 0 Å². The number of nitrogens with zero attached hydrogens (tertiary/aromatic N) is 1. The molecule has 3 saturated heterocycles. The maximum Gasteiger partial charge on any atom is 0.0506 e. The first-order chi connectivity index (χ1) is 9.36. The zero-order valence-electron chi connectivity index (χ0n) is 12.4. The van der Waals surface area contributed by atoms with E-state index in [4.69, 9.17) is 4.74 Å². The molecule has 3 fully saturated rings. The molecule has 3 nitrogen and oxygen atoms in total. The van der Waals surface area contributed by atoms with Crippen molar-refractivity contribution < 1.29 is 4.74 Å². The van der Waals surface area contributed by atoms with Crippen LogP contribution in [0.3, 0.4) is 0 Å². The third kappa shape index (κ3) is 3.32. The van der Waals surface area contributed by atoms with E-state index in [0.29, 0.717) is 0 Å². The summed E-state index contributed by atoms with van der Waals surface area (Å²) >= 11 is 0. The number of hydrogen-bond acceptors (Lipinski definition) is 3. The topological polar surface area (TPSA) is 24.5 Å². The molecule has 0 spiro atoms. The minimum atomic E-state index is 0.788. The van der Waals surface area contributed by atoms with E-state index in [1.54, 1.807) is 0 Å². The van der Waals surface area contributed by atoms with Gasteiger partial charge in [0.25, 0.3) is 0 Å². The fourth-order valence-corrected chi connectivity index (χ4v) is 4.34.